The van der Waals surface area contributed by atoms with Crippen LogP contribution in [0.15, 0.2) is 0 Å². The minimum Gasteiger partial charge on any atom is -0.327 e. The monoisotopic (exact) mass is 219 g/mol. The summed E-state index contributed by atoms with van der Waals surface area (Å²) in [5.41, 5.74) is 7.97. The van der Waals surface area contributed by atoms with Gasteiger partial charge in [0.25, 0.3) is 0 Å². The van der Waals surface area contributed by atoms with Crippen LogP contribution in [0.4, 0.5) is 0 Å². The van der Waals surface area contributed by atoms with Gasteiger partial charge in [-0.1, -0.05) is 20.8 Å². The van der Waals surface area contributed by atoms with Crippen LogP contribution in [-0.4, -0.2) is 6.04 Å². The Kier molecular flexibility index (Phi) is 1.57. The van der Waals surface area contributed by atoms with E-state index in [1.807, 2.05) is 0 Å². The van der Waals surface area contributed by atoms with Gasteiger partial charge in [0.05, 0.1) is 0 Å². The highest BCUT2D eigenvalue weighted by Gasteiger charge is 2.75. The fourth-order valence-electron chi connectivity index (χ4n) is 6.52. The lowest BCUT2D eigenvalue weighted by Crippen LogP contribution is -2.49. The van der Waals surface area contributed by atoms with Crippen molar-refractivity contribution in [3.8, 4) is 0 Å². The molecule has 8 unspecified atom stereocenters. The fourth-order valence-corrected chi connectivity index (χ4v) is 6.52. The maximum absolute atomic E-state index is 6.65. The van der Waals surface area contributed by atoms with Crippen molar-refractivity contribution < 1.29 is 0 Å². The highest BCUT2D eigenvalue weighted by molar-refractivity contribution is 5.24. The molecule has 0 aromatic heterocycles. The van der Waals surface area contributed by atoms with E-state index in [-0.39, 0.29) is 0 Å². The number of nitrogens with two attached hydrogens (primary N) is 1. The Labute approximate surface area is 99.2 Å². The van der Waals surface area contributed by atoms with Crippen molar-refractivity contribution in [1.82, 2.24) is 0 Å². The molecule has 2 bridgehead atoms. The van der Waals surface area contributed by atoms with E-state index in [1.54, 1.807) is 0 Å². The van der Waals surface area contributed by atoms with Crippen LogP contribution < -0.4 is 5.73 Å². The SMILES string of the molecule is CC1CC2(C)C3CC4(C)CCC1C(N)C4C32. The van der Waals surface area contributed by atoms with E-state index in [2.05, 4.69) is 20.8 Å². The van der Waals surface area contributed by atoms with Crippen LogP contribution in [0.5, 0.6) is 0 Å². The smallest absolute Gasteiger partial charge is 0.0106 e. The molecule has 0 aromatic carbocycles. The maximum Gasteiger partial charge on any atom is 0.0106 e. The third kappa shape index (κ3) is 0.868. The van der Waals surface area contributed by atoms with E-state index >= 15 is 0 Å². The second-order valence-corrected chi connectivity index (χ2v) is 7.98. The molecule has 4 aliphatic carbocycles. The van der Waals surface area contributed by atoms with Gasteiger partial charge in [-0.3, -0.25) is 0 Å². The summed E-state index contributed by atoms with van der Waals surface area (Å²) in [6, 6.07) is 0.521. The van der Waals surface area contributed by atoms with Crippen LogP contribution in [-0.2, 0) is 0 Å². The van der Waals surface area contributed by atoms with E-state index in [0.717, 1.165) is 29.6 Å². The first kappa shape index (κ1) is 9.94. The highest BCUT2D eigenvalue weighted by atomic mass is 14.9. The fraction of sp³-hybridized carbons (Fsp3) is 1.00. The lowest BCUT2D eigenvalue weighted by molar-refractivity contribution is 0.0523. The van der Waals surface area contributed by atoms with Crippen molar-refractivity contribution in [1.29, 1.82) is 0 Å². The lowest BCUT2D eigenvalue weighted by atomic mass is 9.60. The molecule has 16 heavy (non-hydrogen) atoms. The average Bonchev–Trinajstić information content (AvgIpc) is 2.60. The molecule has 4 aliphatic rings. The van der Waals surface area contributed by atoms with Gasteiger partial charge in [0.2, 0.25) is 0 Å². The Balaban J connectivity index is 1.83. The quantitative estimate of drug-likeness (QED) is 0.666. The molecule has 2 N–H and O–H groups in total. The molecule has 90 valence electrons. The second-order valence-electron chi connectivity index (χ2n) is 7.98. The predicted molar refractivity (Wildman–Crippen MR) is 65.8 cm³/mol. The van der Waals surface area contributed by atoms with Gasteiger partial charge in [-0.25, -0.2) is 0 Å². The molecule has 0 heterocycles. The standard InChI is InChI=1S/C15H25N/c1-8-6-15(3)10-7-14(2)5-4-9(8)13(16)12(14)11(10)15/h8-13H,4-7,16H2,1-3H3. The van der Waals surface area contributed by atoms with E-state index in [4.69, 9.17) is 5.73 Å². The van der Waals surface area contributed by atoms with Gasteiger partial charge >= 0.3 is 0 Å². The molecule has 4 fully saturated rings. The topological polar surface area (TPSA) is 26.0 Å². The molecule has 0 spiro atoms. The molecule has 1 heteroatoms. The van der Waals surface area contributed by atoms with Gasteiger partial charge in [0, 0.05) is 6.04 Å². The van der Waals surface area contributed by atoms with Gasteiger partial charge in [0.1, 0.15) is 0 Å². The minimum atomic E-state index is 0.521. The molecule has 0 aromatic rings. The largest absolute Gasteiger partial charge is 0.327 e. The maximum atomic E-state index is 6.65. The first-order valence-corrected chi connectivity index (χ1v) is 7.23. The van der Waals surface area contributed by atoms with Crippen molar-refractivity contribution in [3.63, 3.8) is 0 Å². The number of hydrogen-bond acceptors (Lipinski definition) is 1. The van der Waals surface area contributed by atoms with Crippen molar-refractivity contribution in [3.05, 3.63) is 0 Å². The van der Waals surface area contributed by atoms with Crippen LogP contribution in [0.2, 0.25) is 0 Å². The van der Waals surface area contributed by atoms with Gasteiger partial charge < -0.3 is 5.73 Å². The zero-order chi connectivity index (χ0) is 11.3. The Bertz CT molecular complexity index is 351. The van der Waals surface area contributed by atoms with E-state index in [9.17, 15) is 0 Å². The Hall–Kier alpha value is -0.0400. The highest BCUT2D eigenvalue weighted by Crippen LogP contribution is 2.80. The summed E-state index contributed by atoms with van der Waals surface area (Å²) in [6.07, 6.45) is 5.83. The molecule has 4 saturated carbocycles. The summed E-state index contributed by atoms with van der Waals surface area (Å²) < 4.78 is 0. The molecular weight excluding hydrogens is 194 g/mol. The molecule has 1 nitrogen and oxygen atoms in total. The summed E-state index contributed by atoms with van der Waals surface area (Å²) in [4.78, 5) is 0. The summed E-state index contributed by atoms with van der Waals surface area (Å²) >= 11 is 0. The molecule has 0 saturated heterocycles. The lowest BCUT2D eigenvalue weighted by Gasteiger charge is -2.47. The Morgan fingerprint density at radius 2 is 1.88 bits per heavy atom. The Morgan fingerprint density at radius 1 is 1.12 bits per heavy atom. The van der Waals surface area contributed by atoms with Crippen molar-refractivity contribution >= 4 is 0 Å². The summed E-state index contributed by atoms with van der Waals surface area (Å²) in [5.74, 6) is 4.61. The van der Waals surface area contributed by atoms with Crippen molar-refractivity contribution in [2.45, 2.75) is 52.5 Å². The van der Waals surface area contributed by atoms with Crippen molar-refractivity contribution in [2.75, 3.05) is 0 Å². The van der Waals surface area contributed by atoms with Crippen LogP contribution in [0.1, 0.15) is 46.5 Å². The van der Waals surface area contributed by atoms with Gasteiger partial charge in [-0.15, -0.1) is 0 Å². The van der Waals surface area contributed by atoms with E-state index in [1.165, 1.54) is 25.7 Å². The summed E-state index contributed by atoms with van der Waals surface area (Å²) in [5, 5.41) is 0. The Morgan fingerprint density at radius 3 is 2.62 bits per heavy atom. The van der Waals surface area contributed by atoms with Crippen LogP contribution in [0.3, 0.4) is 0 Å². The van der Waals surface area contributed by atoms with Crippen LogP contribution >= 0.6 is 0 Å². The van der Waals surface area contributed by atoms with E-state index < -0.39 is 0 Å². The molecule has 0 amide bonds. The third-order valence-corrected chi connectivity index (χ3v) is 7.26. The molecule has 0 radical (unpaired) electrons. The average molecular weight is 219 g/mol. The van der Waals surface area contributed by atoms with Crippen molar-refractivity contribution in [2.24, 2.45) is 46.2 Å². The normalized spacial score (nSPS) is 71.2. The van der Waals surface area contributed by atoms with Crippen LogP contribution in [0.25, 0.3) is 0 Å². The number of fused-ring (bicyclic) bond motifs is 2. The zero-order valence-electron chi connectivity index (χ0n) is 10.9. The second kappa shape index (κ2) is 2.53. The number of rotatable bonds is 0. The molecule has 8 atom stereocenters. The van der Waals surface area contributed by atoms with Gasteiger partial charge in [-0.2, -0.15) is 0 Å². The molecule has 0 aliphatic heterocycles. The predicted octanol–water partition coefficient (Wildman–Crippen LogP) is 3.04. The summed E-state index contributed by atoms with van der Waals surface area (Å²) in [6.45, 7) is 7.57. The first-order chi connectivity index (χ1) is 7.47. The zero-order valence-corrected chi connectivity index (χ0v) is 10.9. The van der Waals surface area contributed by atoms with Gasteiger partial charge in [-0.05, 0) is 66.1 Å². The van der Waals surface area contributed by atoms with Crippen LogP contribution in [0, 0.1) is 40.4 Å². The molecule has 4 rings (SSSR count). The van der Waals surface area contributed by atoms with E-state index in [0.29, 0.717) is 16.9 Å². The molecular formula is C15H25N. The minimum absolute atomic E-state index is 0.521. The summed E-state index contributed by atoms with van der Waals surface area (Å²) in [7, 11) is 0. The third-order valence-electron chi connectivity index (χ3n) is 7.26. The number of hydrogen-bond donors (Lipinski definition) is 1. The first-order valence-electron chi connectivity index (χ1n) is 7.23. The van der Waals surface area contributed by atoms with Gasteiger partial charge in [0.15, 0.2) is 0 Å².